The molecule has 0 bridgehead atoms. The zero-order chi connectivity index (χ0) is 10.7. The van der Waals surface area contributed by atoms with Crippen LogP contribution in [0.1, 0.15) is 35.4 Å². The topological polar surface area (TPSA) is 26.3 Å². The van der Waals surface area contributed by atoms with Gasteiger partial charge in [0.2, 0.25) is 0 Å². The maximum atomic E-state index is 11.6. The van der Waals surface area contributed by atoms with E-state index in [1.807, 2.05) is 5.38 Å². The van der Waals surface area contributed by atoms with Crippen molar-refractivity contribution in [2.75, 3.05) is 6.61 Å². The van der Waals surface area contributed by atoms with Crippen LogP contribution in [-0.2, 0) is 4.74 Å². The summed E-state index contributed by atoms with van der Waals surface area (Å²) in [5.41, 5.74) is 0. The number of hydrogen-bond acceptors (Lipinski definition) is 4. The van der Waals surface area contributed by atoms with Gasteiger partial charge in [-0.3, -0.25) is 0 Å². The third-order valence-electron chi connectivity index (χ3n) is 2.71. The van der Waals surface area contributed by atoms with E-state index in [9.17, 15) is 4.79 Å². The van der Waals surface area contributed by atoms with E-state index in [1.54, 1.807) is 6.07 Å². The first-order chi connectivity index (χ1) is 7.25. The predicted octanol–water partition coefficient (Wildman–Crippen LogP) is 3.38. The molecule has 1 aromatic heterocycles. The van der Waals surface area contributed by atoms with Crippen LogP contribution in [0.3, 0.4) is 0 Å². The number of carbonyl (C=O) groups is 1. The Bertz CT molecular complexity index is 340. The number of ether oxygens (including phenoxy) is 1. The zero-order valence-corrected chi connectivity index (χ0v) is 10.2. The van der Waals surface area contributed by atoms with Crippen LogP contribution in [0.15, 0.2) is 16.3 Å². The van der Waals surface area contributed by atoms with E-state index in [-0.39, 0.29) is 5.97 Å². The third kappa shape index (κ3) is 2.98. The molecule has 0 N–H and O–H groups in total. The fourth-order valence-electron chi connectivity index (χ4n) is 1.87. The molecule has 0 atom stereocenters. The minimum absolute atomic E-state index is 0.202. The molecule has 0 aliphatic heterocycles. The Kier molecular flexibility index (Phi) is 3.70. The molecule has 1 heterocycles. The second-order valence-corrected chi connectivity index (χ2v) is 5.35. The lowest BCUT2D eigenvalue weighted by molar-refractivity contribution is 0.0448. The van der Waals surface area contributed by atoms with E-state index in [0.717, 1.165) is 4.90 Å². The van der Waals surface area contributed by atoms with E-state index >= 15 is 0 Å². The van der Waals surface area contributed by atoms with E-state index < -0.39 is 0 Å². The predicted molar refractivity (Wildman–Crippen MR) is 63.8 cm³/mol. The van der Waals surface area contributed by atoms with Gasteiger partial charge in [-0.25, -0.2) is 4.79 Å². The monoisotopic (exact) mass is 242 g/mol. The first-order valence-electron chi connectivity index (χ1n) is 5.20. The van der Waals surface area contributed by atoms with Crippen LogP contribution in [0.4, 0.5) is 0 Å². The fourth-order valence-corrected chi connectivity index (χ4v) is 2.92. The molecular weight excluding hydrogens is 228 g/mol. The smallest absolute Gasteiger partial charge is 0.348 e. The maximum Gasteiger partial charge on any atom is 0.348 e. The average molecular weight is 242 g/mol. The van der Waals surface area contributed by atoms with Crippen molar-refractivity contribution < 1.29 is 9.53 Å². The molecule has 1 fully saturated rings. The molecule has 1 aromatic rings. The molecule has 1 aliphatic carbocycles. The zero-order valence-electron chi connectivity index (χ0n) is 8.44. The van der Waals surface area contributed by atoms with Crippen molar-refractivity contribution in [3.8, 4) is 0 Å². The number of hydrogen-bond donors (Lipinski definition) is 1. The first kappa shape index (κ1) is 11.0. The molecule has 0 aromatic carbocycles. The summed E-state index contributed by atoms with van der Waals surface area (Å²) in [6.45, 7) is 0.582. The molecule has 0 amide bonds. The second-order valence-electron chi connectivity index (χ2n) is 3.92. The minimum atomic E-state index is -0.202. The van der Waals surface area contributed by atoms with Crippen molar-refractivity contribution in [3.63, 3.8) is 0 Å². The van der Waals surface area contributed by atoms with Crippen LogP contribution in [0.25, 0.3) is 0 Å². The van der Waals surface area contributed by atoms with Gasteiger partial charge in [0, 0.05) is 10.3 Å². The molecule has 0 spiro atoms. The molecule has 0 radical (unpaired) electrons. The number of thiophene rings is 1. The Labute approximate surface area is 99.1 Å². The van der Waals surface area contributed by atoms with Gasteiger partial charge in [0.25, 0.3) is 0 Å². The second kappa shape index (κ2) is 5.03. The Hall–Kier alpha value is -0.480. The highest BCUT2D eigenvalue weighted by Crippen LogP contribution is 2.25. The standard InChI is InChI=1S/C11H14O2S2/c12-11(10-5-9(14)7-15-10)13-6-8-3-1-2-4-8/h5,7-8,14H,1-4,6H2. The summed E-state index contributed by atoms with van der Waals surface area (Å²) < 4.78 is 5.26. The van der Waals surface area contributed by atoms with E-state index in [1.165, 1.54) is 37.0 Å². The summed E-state index contributed by atoms with van der Waals surface area (Å²) in [5, 5.41) is 1.84. The number of thiol groups is 1. The molecule has 2 nitrogen and oxygen atoms in total. The van der Waals surface area contributed by atoms with E-state index in [0.29, 0.717) is 17.4 Å². The number of rotatable bonds is 3. The van der Waals surface area contributed by atoms with Gasteiger partial charge in [0.15, 0.2) is 0 Å². The lowest BCUT2D eigenvalue weighted by Gasteiger charge is -2.08. The quantitative estimate of drug-likeness (QED) is 0.649. The molecule has 2 rings (SSSR count). The van der Waals surface area contributed by atoms with Crippen LogP contribution in [0.2, 0.25) is 0 Å². The van der Waals surface area contributed by atoms with Crippen molar-refractivity contribution >= 4 is 29.9 Å². The van der Waals surface area contributed by atoms with E-state index in [2.05, 4.69) is 12.6 Å². The van der Waals surface area contributed by atoms with Gasteiger partial charge >= 0.3 is 5.97 Å². The molecule has 82 valence electrons. The largest absolute Gasteiger partial charge is 0.461 e. The minimum Gasteiger partial charge on any atom is -0.461 e. The highest BCUT2D eigenvalue weighted by atomic mass is 32.1. The van der Waals surface area contributed by atoms with Gasteiger partial charge in [-0.1, -0.05) is 12.8 Å². The Morgan fingerprint density at radius 3 is 2.87 bits per heavy atom. The average Bonchev–Trinajstić information content (AvgIpc) is 2.84. The fraction of sp³-hybridized carbons (Fsp3) is 0.545. The van der Waals surface area contributed by atoms with Gasteiger partial charge in [-0.15, -0.1) is 24.0 Å². The molecule has 0 saturated heterocycles. The van der Waals surface area contributed by atoms with Crippen LogP contribution < -0.4 is 0 Å². The van der Waals surface area contributed by atoms with Gasteiger partial charge in [-0.2, -0.15) is 0 Å². The van der Waals surface area contributed by atoms with Crippen LogP contribution in [0, 0.1) is 5.92 Å². The van der Waals surface area contributed by atoms with Gasteiger partial charge in [0.05, 0.1) is 6.61 Å². The summed E-state index contributed by atoms with van der Waals surface area (Å²) in [4.78, 5) is 13.0. The van der Waals surface area contributed by atoms with Crippen LogP contribution in [0.5, 0.6) is 0 Å². The van der Waals surface area contributed by atoms with Gasteiger partial charge < -0.3 is 4.74 Å². The summed E-state index contributed by atoms with van der Waals surface area (Å²) in [5.74, 6) is 0.386. The Balaban J connectivity index is 1.81. The summed E-state index contributed by atoms with van der Waals surface area (Å²) >= 11 is 5.55. The van der Waals surface area contributed by atoms with E-state index in [4.69, 9.17) is 4.74 Å². The molecule has 0 unspecified atom stereocenters. The van der Waals surface area contributed by atoms with Gasteiger partial charge in [-0.05, 0) is 24.8 Å². The molecule has 1 saturated carbocycles. The summed E-state index contributed by atoms with van der Waals surface area (Å²) in [7, 11) is 0. The lowest BCUT2D eigenvalue weighted by atomic mass is 10.1. The van der Waals surface area contributed by atoms with Crippen LogP contribution >= 0.6 is 24.0 Å². The summed E-state index contributed by atoms with van der Waals surface area (Å²) in [6.07, 6.45) is 4.97. The van der Waals surface area contributed by atoms with Gasteiger partial charge in [0.1, 0.15) is 4.88 Å². The summed E-state index contributed by atoms with van der Waals surface area (Å²) in [6, 6.07) is 1.75. The van der Waals surface area contributed by atoms with Crippen molar-refractivity contribution in [2.45, 2.75) is 30.6 Å². The van der Waals surface area contributed by atoms with Crippen molar-refractivity contribution in [3.05, 3.63) is 16.3 Å². The molecular formula is C11H14O2S2. The molecule has 15 heavy (non-hydrogen) atoms. The molecule has 1 aliphatic rings. The Morgan fingerprint density at radius 2 is 2.27 bits per heavy atom. The van der Waals surface area contributed by atoms with Crippen LogP contribution in [-0.4, -0.2) is 12.6 Å². The maximum absolute atomic E-state index is 11.6. The highest BCUT2D eigenvalue weighted by Gasteiger charge is 2.18. The normalized spacial score (nSPS) is 16.9. The third-order valence-corrected chi connectivity index (χ3v) is 4.05. The van der Waals surface area contributed by atoms with Crippen molar-refractivity contribution in [1.29, 1.82) is 0 Å². The van der Waals surface area contributed by atoms with Crippen molar-refractivity contribution in [1.82, 2.24) is 0 Å². The SMILES string of the molecule is O=C(OCC1CCCC1)c1cc(S)cs1. The lowest BCUT2D eigenvalue weighted by Crippen LogP contribution is -2.10. The van der Waals surface area contributed by atoms with Crippen molar-refractivity contribution in [2.24, 2.45) is 5.92 Å². The number of carbonyl (C=O) groups excluding carboxylic acids is 1. The molecule has 4 heteroatoms. The number of esters is 1. The highest BCUT2D eigenvalue weighted by molar-refractivity contribution is 7.80. The Morgan fingerprint density at radius 1 is 1.53 bits per heavy atom. The first-order valence-corrected chi connectivity index (χ1v) is 6.53.